The van der Waals surface area contributed by atoms with E-state index in [0.717, 1.165) is 32.4 Å². The first kappa shape index (κ1) is 19.7. The third kappa shape index (κ3) is 10.1. The van der Waals surface area contributed by atoms with E-state index in [9.17, 15) is 9.59 Å². The van der Waals surface area contributed by atoms with E-state index < -0.39 is 5.97 Å². The summed E-state index contributed by atoms with van der Waals surface area (Å²) in [4.78, 5) is 26.4. The molecule has 0 aromatic heterocycles. The van der Waals surface area contributed by atoms with Gasteiger partial charge in [-0.05, 0) is 46.8 Å². The maximum absolute atomic E-state index is 11.9. The third-order valence-electron chi connectivity index (χ3n) is 3.51. The van der Waals surface area contributed by atoms with Gasteiger partial charge in [0, 0.05) is 19.6 Å². The highest BCUT2D eigenvalue weighted by Crippen LogP contribution is 2.09. The van der Waals surface area contributed by atoms with Gasteiger partial charge >= 0.3 is 12.0 Å². The largest absolute Gasteiger partial charge is 0.481 e. The Labute approximate surface area is 128 Å². The predicted molar refractivity (Wildman–Crippen MR) is 84.4 cm³/mol. The zero-order valence-corrected chi connectivity index (χ0v) is 14.1. The zero-order chi connectivity index (χ0) is 16.4. The molecule has 0 saturated carbocycles. The van der Waals surface area contributed by atoms with Crippen LogP contribution >= 0.6 is 0 Å². The molecule has 2 atom stereocenters. The Hall–Kier alpha value is -1.30. The van der Waals surface area contributed by atoms with Crippen molar-refractivity contribution in [3.8, 4) is 0 Å². The molecule has 0 spiro atoms. The number of carbonyl (C=O) groups excluding carboxylic acids is 1. The van der Waals surface area contributed by atoms with Crippen molar-refractivity contribution >= 4 is 12.0 Å². The fourth-order valence-electron chi connectivity index (χ4n) is 1.97. The number of aliphatic carboxylic acids is 1. The van der Waals surface area contributed by atoms with Gasteiger partial charge in [0.25, 0.3) is 0 Å². The fourth-order valence-corrected chi connectivity index (χ4v) is 1.97. The van der Waals surface area contributed by atoms with Crippen LogP contribution in [0.25, 0.3) is 0 Å². The molecule has 0 aromatic carbocycles. The molecule has 0 bridgehead atoms. The summed E-state index contributed by atoms with van der Waals surface area (Å²) in [5.41, 5.74) is 0. The number of carboxylic acid groups (broad SMARTS) is 1. The Balaban J connectivity index is 3.84. The average Bonchev–Trinajstić information content (AvgIpc) is 2.37. The Kier molecular flexibility index (Phi) is 9.78. The highest BCUT2D eigenvalue weighted by molar-refractivity contribution is 5.74. The molecule has 21 heavy (non-hydrogen) atoms. The van der Waals surface area contributed by atoms with E-state index in [1.807, 2.05) is 21.0 Å². The molecule has 6 heteroatoms. The van der Waals surface area contributed by atoms with Crippen LogP contribution in [0.3, 0.4) is 0 Å². The van der Waals surface area contributed by atoms with Crippen molar-refractivity contribution in [1.82, 2.24) is 15.1 Å². The number of amides is 2. The number of nitrogens with zero attached hydrogens (tertiary/aromatic N) is 2. The minimum Gasteiger partial charge on any atom is -0.481 e. The monoisotopic (exact) mass is 301 g/mol. The summed E-state index contributed by atoms with van der Waals surface area (Å²) in [6.07, 6.45) is 3.20. The second kappa shape index (κ2) is 10.4. The lowest BCUT2D eigenvalue weighted by Crippen LogP contribution is -2.42. The van der Waals surface area contributed by atoms with Crippen molar-refractivity contribution in [3.05, 3.63) is 0 Å². The SMILES string of the molecule is CC(CCCC(C)C(=O)O)NC(=O)N(C)CCCN(C)C. The Bertz CT molecular complexity index is 321. The number of carboxylic acids is 1. The number of carbonyl (C=O) groups is 2. The van der Waals surface area contributed by atoms with Crippen LogP contribution in [0.1, 0.15) is 39.5 Å². The van der Waals surface area contributed by atoms with Crippen molar-refractivity contribution in [2.75, 3.05) is 34.2 Å². The molecule has 2 unspecified atom stereocenters. The number of urea groups is 1. The summed E-state index contributed by atoms with van der Waals surface area (Å²) in [5, 5.41) is 11.8. The molecular weight excluding hydrogens is 270 g/mol. The second-order valence-corrected chi connectivity index (χ2v) is 6.10. The van der Waals surface area contributed by atoms with E-state index in [4.69, 9.17) is 5.11 Å². The van der Waals surface area contributed by atoms with Crippen molar-refractivity contribution in [3.63, 3.8) is 0 Å². The number of hydrogen-bond acceptors (Lipinski definition) is 3. The summed E-state index contributed by atoms with van der Waals surface area (Å²) >= 11 is 0. The summed E-state index contributed by atoms with van der Waals surface area (Å²) in [6.45, 7) is 5.36. The van der Waals surface area contributed by atoms with E-state index in [0.29, 0.717) is 6.42 Å². The summed E-state index contributed by atoms with van der Waals surface area (Å²) in [6, 6.07) is 0.00216. The van der Waals surface area contributed by atoms with Crippen LogP contribution in [-0.2, 0) is 4.79 Å². The van der Waals surface area contributed by atoms with Crippen LogP contribution in [0, 0.1) is 5.92 Å². The molecule has 6 nitrogen and oxygen atoms in total. The summed E-state index contributed by atoms with van der Waals surface area (Å²) < 4.78 is 0. The molecular formula is C15H31N3O3. The van der Waals surface area contributed by atoms with E-state index >= 15 is 0 Å². The van der Waals surface area contributed by atoms with Gasteiger partial charge in [0.15, 0.2) is 0 Å². The van der Waals surface area contributed by atoms with Gasteiger partial charge in [0.2, 0.25) is 0 Å². The molecule has 0 aliphatic carbocycles. The standard InChI is InChI=1S/C15H31N3O3/c1-12(14(19)20)8-6-9-13(2)16-15(21)18(5)11-7-10-17(3)4/h12-13H,6-11H2,1-5H3,(H,16,21)(H,19,20). The molecule has 124 valence electrons. The number of rotatable bonds is 10. The lowest BCUT2D eigenvalue weighted by Gasteiger charge is -2.22. The normalized spacial score (nSPS) is 13.8. The molecule has 0 heterocycles. The Morgan fingerprint density at radius 3 is 2.19 bits per heavy atom. The molecule has 2 amide bonds. The van der Waals surface area contributed by atoms with Crippen molar-refractivity contribution in [2.24, 2.45) is 5.92 Å². The van der Waals surface area contributed by atoms with Gasteiger partial charge in [-0.3, -0.25) is 4.79 Å². The Morgan fingerprint density at radius 1 is 1.05 bits per heavy atom. The van der Waals surface area contributed by atoms with Gasteiger partial charge in [0.1, 0.15) is 0 Å². The van der Waals surface area contributed by atoms with E-state index in [-0.39, 0.29) is 18.0 Å². The molecule has 0 rings (SSSR count). The van der Waals surface area contributed by atoms with Gasteiger partial charge in [-0.15, -0.1) is 0 Å². The minimum atomic E-state index is -0.757. The van der Waals surface area contributed by atoms with Gasteiger partial charge in [-0.2, -0.15) is 0 Å². The van der Waals surface area contributed by atoms with Crippen LogP contribution in [0.5, 0.6) is 0 Å². The first-order valence-electron chi connectivity index (χ1n) is 7.63. The molecule has 0 saturated heterocycles. The van der Waals surface area contributed by atoms with Crippen LogP contribution in [0.15, 0.2) is 0 Å². The topological polar surface area (TPSA) is 72.9 Å². The van der Waals surface area contributed by atoms with Gasteiger partial charge in [-0.25, -0.2) is 4.79 Å². The smallest absolute Gasteiger partial charge is 0.317 e. The molecule has 0 fully saturated rings. The summed E-state index contributed by atoms with van der Waals surface area (Å²) in [5.74, 6) is -1.08. The Morgan fingerprint density at radius 2 is 1.67 bits per heavy atom. The number of hydrogen-bond donors (Lipinski definition) is 2. The fraction of sp³-hybridized carbons (Fsp3) is 0.867. The third-order valence-corrected chi connectivity index (χ3v) is 3.51. The first-order valence-corrected chi connectivity index (χ1v) is 7.63. The van der Waals surface area contributed by atoms with E-state index in [2.05, 4.69) is 10.2 Å². The van der Waals surface area contributed by atoms with Crippen LogP contribution in [0.2, 0.25) is 0 Å². The van der Waals surface area contributed by atoms with Gasteiger partial charge in [-0.1, -0.05) is 13.3 Å². The van der Waals surface area contributed by atoms with Gasteiger partial charge < -0.3 is 20.2 Å². The van der Waals surface area contributed by atoms with Crippen LogP contribution < -0.4 is 5.32 Å². The highest BCUT2D eigenvalue weighted by Gasteiger charge is 2.14. The minimum absolute atomic E-state index is 0.0625. The van der Waals surface area contributed by atoms with Crippen LogP contribution in [-0.4, -0.2) is 67.2 Å². The molecule has 2 N–H and O–H groups in total. The van der Waals surface area contributed by atoms with Crippen molar-refractivity contribution in [1.29, 1.82) is 0 Å². The van der Waals surface area contributed by atoms with Crippen molar-refractivity contribution < 1.29 is 14.7 Å². The first-order chi connectivity index (χ1) is 9.73. The lowest BCUT2D eigenvalue weighted by atomic mass is 10.0. The number of nitrogens with one attached hydrogen (secondary N) is 1. The van der Waals surface area contributed by atoms with Gasteiger partial charge in [0.05, 0.1) is 5.92 Å². The molecule has 0 radical (unpaired) electrons. The molecule has 0 aliphatic rings. The predicted octanol–water partition coefficient (Wildman–Crippen LogP) is 1.86. The van der Waals surface area contributed by atoms with Crippen LogP contribution in [0.4, 0.5) is 4.79 Å². The van der Waals surface area contributed by atoms with E-state index in [1.165, 1.54) is 0 Å². The molecule has 0 aromatic rings. The summed E-state index contributed by atoms with van der Waals surface area (Å²) in [7, 11) is 5.82. The van der Waals surface area contributed by atoms with Crippen molar-refractivity contribution in [2.45, 2.75) is 45.6 Å². The maximum atomic E-state index is 11.9. The lowest BCUT2D eigenvalue weighted by molar-refractivity contribution is -0.141. The van der Waals surface area contributed by atoms with E-state index in [1.54, 1.807) is 18.9 Å². The highest BCUT2D eigenvalue weighted by atomic mass is 16.4. The zero-order valence-electron chi connectivity index (χ0n) is 14.1. The maximum Gasteiger partial charge on any atom is 0.317 e. The average molecular weight is 301 g/mol. The quantitative estimate of drug-likeness (QED) is 0.646. The molecule has 0 aliphatic heterocycles. The second-order valence-electron chi connectivity index (χ2n) is 6.10.